The summed E-state index contributed by atoms with van der Waals surface area (Å²) in [7, 11) is 1.62. The van der Waals surface area contributed by atoms with Crippen LogP contribution in [0.15, 0.2) is 42.5 Å². The molecule has 2 saturated carbocycles. The van der Waals surface area contributed by atoms with Gasteiger partial charge in [-0.1, -0.05) is 12.1 Å². The summed E-state index contributed by atoms with van der Waals surface area (Å²) in [5.41, 5.74) is 1.97. The number of rotatable bonds is 8. The highest BCUT2D eigenvalue weighted by Gasteiger charge is 2.32. The molecule has 0 aromatic heterocycles. The molecular formula is C25H31FO3. The Balaban J connectivity index is 1.30. The predicted octanol–water partition coefficient (Wildman–Crippen LogP) is 5.67. The summed E-state index contributed by atoms with van der Waals surface area (Å²) >= 11 is 0. The maximum atomic E-state index is 14.3. The summed E-state index contributed by atoms with van der Waals surface area (Å²) in [6.45, 7) is 0.906. The third-order valence-electron chi connectivity index (χ3n) is 6.65. The fraction of sp³-hybridized carbons (Fsp3) is 0.520. The Hall–Kier alpha value is -2.07. The molecule has 29 heavy (non-hydrogen) atoms. The van der Waals surface area contributed by atoms with Gasteiger partial charge in [0.1, 0.15) is 17.3 Å². The van der Waals surface area contributed by atoms with Crippen LogP contribution in [-0.4, -0.2) is 25.4 Å². The Morgan fingerprint density at radius 1 is 1.00 bits per heavy atom. The van der Waals surface area contributed by atoms with Crippen molar-refractivity contribution in [3.63, 3.8) is 0 Å². The topological polar surface area (TPSA) is 38.7 Å². The quantitative estimate of drug-likeness (QED) is 0.622. The second-order valence-corrected chi connectivity index (χ2v) is 8.62. The van der Waals surface area contributed by atoms with Gasteiger partial charge in [0.25, 0.3) is 0 Å². The molecule has 0 spiro atoms. The summed E-state index contributed by atoms with van der Waals surface area (Å²) in [5, 5.41) is 9.71. The Morgan fingerprint density at radius 2 is 1.79 bits per heavy atom. The molecule has 2 aliphatic rings. The summed E-state index contributed by atoms with van der Waals surface area (Å²) in [4.78, 5) is 0. The van der Waals surface area contributed by atoms with Crippen molar-refractivity contribution >= 4 is 0 Å². The van der Waals surface area contributed by atoms with Crippen molar-refractivity contribution in [2.45, 2.75) is 50.4 Å². The first-order valence-electron chi connectivity index (χ1n) is 10.8. The van der Waals surface area contributed by atoms with Gasteiger partial charge in [-0.3, -0.25) is 0 Å². The van der Waals surface area contributed by atoms with Gasteiger partial charge in [0.15, 0.2) is 0 Å². The Kier molecular flexibility index (Phi) is 6.39. The molecule has 1 unspecified atom stereocenters. The lowest BCUT2D eigenvalue weighted by Crippen LogP contribution is -2.20. The summed E-state index contributed by atoms with van der Waals surface area (Å²) < 4.78 is 25.6. The van der Waals surface area contributed by atoms with E-state index < -0.39 is 0 Å². The molecule has 0 radical (unpaired) electrons. The van der Waals surface area contributed by atoms with E-state index in [1.807, 2.05) is 18.2 Å². The zero-order chi connectivity index (χ0) is 20.2. The van der Waals surface area contributed by atoms with Gasteiger partial charge in [-0.2, -0.15) is 0 Å². The minimum Gasteiger partial charge on any atom is -0.497 e. The molecule has 0 saturated heterocycles. The van der Waals surface area contributed by atoms with Crippen LogP contribution in [0.25, 0.3) is 0 Å². The molecule has 2 aromatic carbocycles. The minimum absolute atomic E-state index is 0.128. The molecule has 3 nitrogen and oxygen atoms in total. The fourth-order valence-electron chi connectivity index (χ4n) is 4.68. The second kappa shape index (κ2) is 9.17. The molecule has 0 bridgehead atoms. The number of hydrogen-bond donors (Lipinski definition) is 1. The number of hydrogen-bond acceptors (Lipinski definition) is 3. The molecule has 4 heteroatoms. The molecule has 2 fully saturated rings. The summed E-state index contributed by atoms with van der Waals surface area (Å²) in [6, 6.07) is 13.3. The van der Waals surface area contributed by atoms with E-state index in [0.717, 1.165) is 42.7 Å². The lowest BCUT2D eigenvalue weighted by Gasteiger charge is -2.29. The highest BCUT2D eigenvalue weighted by Crippen LogP contribution is 2.43. The third-order valence-corrected chi connectivity index (χ3v) is 6.65. The number of aliphatic hydroxyl groups is 1. The van der Waals surface area contributed by atoms with Crippen LogP contribution in [0.2, 0.25) is 0 Å². The van der Waals surface area contributed by atoms with Crippen molar-refractivity contribution in [3.05, 3.63) is 59.4 Å². The molecule has 0 aliphatic heterocycles. The molecule has 4 rings (SSSR count). The SMILES string of the molecule is COc1ccc(F)c(C2CCC(COc3cccc(C(CO)C4CC4)c3)CC2)c1. The van der Waals surface area contributed by atoms with Crippen LogP contribution >= 0.6 is 0 Å². The summed E-state index contributed by atoms with van der Waals surface area (Å²) in [5.74, 6) is 3.11. The maximum Gasteiger partial charge on any atom is 0.126 e. The van der Waals surface area contributed by atoms with Crippen LogP contribution in [0, 0.1) is 17.7 Å². The standard InChI is InChI=1S/C25H31FO3/c1-28-21-11-12-25(26)23(14-21)18-7-5-17(6-8-18)16-29-22-4-2-3-20(13-22)24(15-27)19-9-10-19/h2-4,11-14,17-19,24,27H,5-10,15-16H2,1H3. The third kappa shape index (κ3) is 4.92. The van der Waals surface area contributed by atoms with E-state index in [1.165, 1.54) is 24.5 Å². The monoisotopic (exact) mass is 398 g/mol. The van der Waals surface area contributed by atoms with Gasteiger partial charge in [-0.15, -0.1) is 0 Å². The Labute approximate surface area is 172 Å². The highest BCUT2D eigenvalue weighted by atomic mass is 19.1. The van der Waals surface area contributed by atoms with E-state index in [-0.39, 0.29) is 24.3 Å². The van der Waals surface area contributed by atoms with Gasteiger partial charge in [0, 0.05) is 5.92 Å². The normalized spacial score (nSPS) is 22.9. The zero-order valence-electron chi connectivity index (χ0n) is 17.1. The number of halogens is 1. The van der Waals surface area contributed by atoms with Crippen LogP contribution < -0.4 is 9.47 Å². The first-order chi connectivity index (χ1) is 14.2. The zero-order valence-corrected chi connectivity index (χ0v) is 17.1. The van der Waals surface area contributed by atoms with Gasteiger partial charge in [0.05, 0.1) is 20.3 Å². The van der Waals surface area contributed by atoms with Crippen molar-refractivity contribution < 1.29 is 19.0 Å². The number of methoxy groups -OCH3 is 1. The number of aliphatic hydroxyl groups excluding tert-OH is 1. The minimum atomic E-state index is -0.128. The predicted molar refractivity (Wildman–Crippen MR) is 112 cm³/mol. The lowest BCUT2D eigenvalue weighted by atomic mass is 9.79. The smallest absolute Gasteiger partial charge is 0.126 e. The van der Waals surface area contributed by atoms with Gasteiger partial charge in [-0.25, -0.2) is 4.39 Å². The molecule has 2 aromatic rings. The first-order valence-corrected chi connectivity index (χ1v) is 10.8. The molecule has 1 atom stereocenters. The number of benzene rings is 2. The highest BCUT2D eigenvalue weighted by molar-refractivity contribution is 5.33. The van der Waals surface area contributed by atoms with E-state index in [0.29, 0.717) is 18.4 Å². The average molecular weight is 399 g/mol. The Morgan fingerprint density at radius 3 is 2.48 bits per heavy atom. The molecular weight excluding hydrogens is 367 g/mol. The van der Waals surface area contributed by atoms with Crippen LogP contribution in [0.5, 0.6) is 11.5 Å². The molecule has 1 N–H and O–H groups in total. The molecule has 0 heterocycles. The molecule has 0 amide bonds. The van der Waals surface area contributed by atoms with Crippen LogP contribution in [-0.2, 0) is 0 Å². The van der Waals surface area contributed by atoms with Gasteiger partial charge in [0.2, 0.25) is 0 Å². The van der Waals surface area contributed by atoms with Crippen LogP contribution in [0.4, 0.5) is 4.39 Å². The van der Waals surface area contributed by atoms with Gasteiger partial charge >= 0.3 is 0 Å². The van der Waals surface area contributed by atoms with E-state index in [1.54, 1.807) is 13.2 Å². The second-order valence-electron chi connectivity index (χ2n) is 8.62. The fourth-order valence-corrected chi connectivity index (χ4v) is 4.68. The van der Waals surface area contributed by atoms with Crippen molar-refractivity contribution in [3.8, 4) is 11.5 Å². The van der Waals surface area contributed by atoms with E-state index >= 15 is 0 Å². The lowest BCUT2D eigenvalue weighted by molar-refractivity contribution is 0.198. The van der Waals surface area contributed by atoms with Crippen molar-refractivity contribution in [2.24, 2.45) is 11.8 Å². The van der Waals surface area contributed by atoms with E-state index in [4.69, 9.17) is 9.47 Å². The van der Waals surface area contributed by atoms with Gasteiger partial charge < -0.3 is 14.6 Å². The van der Waals surface area contributed by atoms with Crippen molar-refractivity contribution in [1.82, 2.24) is 0 Å². The van der Waals surface area contributed by atoms with Crippen molar-refractivity contribution in [2.75, 3.05) is 20.3 Å². The summed E-state index contributed by atoms with van der Waals surface area (Å²) in [6.07, 6.45) is 6.48. The van der Waals surface area contributed by atoms with Crippen molar-refractivity contribution in [1.29, 1.82) is 0 Å². The van der Waals surface area contributed by atoms with E-state index in [2.05, 4.69) is 12.1 Å². The van der Waals surface area contributed by atoms with Crippen LogP contribution in [0.1, 0.15) is 61.5 Å². The average Bonchev–Trinajstić information content (AvgIpc) is 3.59. The largest absolute Gasteiger partial charge is 0.497 e. The Bertz CT molecular complexity index is 809. The van der Waals surface area contributed by atoms with Gasteiger partial charge in [-0.05, 0) is 97.7 Å². The van der Waals surface area contributed by atoms with Crippen LogP contribution in [0.3, 0.4) is 0 Å². The molecule has 2 aliphatic carbocycles. The maximum absolute atomic E-state index is 14.3. The molecule has 156 valence electrons. The number of ether oxygens (including phenoxy) is 2. The first kappa shape index (κ1) is 20.2. The van der Waals surface area contributed by atoms with E-state index in [9.17, 15) is 9.50 Å².